The topological polar surface area (TPSA) is 38.9 Å². The van der Waals surface area contributed by atoms with Crippen molar-refractivity contribution in [2.45, 2.75) is 19.8 Å². The summed E-state index contributed by atoms with van der Waals surface area (Å²) in [5.41, 5.74) is 7.61. The molecule has 2 N–H and O–H groups in total. The summed E-state index contributed by atoms with van der Waals surface area (Å²) in [5.74, 6) is 0.862. The molecular weight excluding hydrogens is 243 g/mol. The fraction of sp³-hybridized carbons (Fsp3) is 0.250. The van der Waals surface area contributed by atoms with E-state index in [4.69, 9.17) is 28.9 Å². The van der Waals surface area contributed by atoms with Crippen LogP contribution >= 0.6 is 23.2 Å². The largest absolute Gasteiger partial charge is 0.383 e. The van der Waals surface area contributed by atoms with Gasteiger partial charge in [0, 0.05) is 10.4 Å². The molecule has 1 aromatic carbocycles. The zero-order valence-corrected chi connectivity index (χ0v) is 10.6. The molecule has 0 atom stereocenters. The summed E-state index contributed by atoms with van der Waals surface area (Å²) < 4.78 is 0. The van der Waals surface area contributed by atoms with E-state index in [9.17, 15) is 0 Å². The van der Waals surface area contributed by atoms with Crippen molar-refractivity contribution in [2.24, 2.45) is 0 Å². The normalized spacial score (nSPS) is 11.3. The van der Waals surface area contributed by atoms with Crippen molar-refractivity contribution in [3.05, 3.63) is 33.8 Å². The summed E-state index contributed by atoms with van der Waals surface area (Å²) in [5, 5.41) is 2.07. The van der Waals surface area contributed by atoms with Crippen molar-refractivity contribution in [3.8, 4) is 0 Å². The zero-order chi connectivity index (χ0) is 11.9. The van der Waals surface area contributed by atoms with Gasteiger partial charge in [-0.05, 0) is 29.7 Å². The Morgan fingerprint density at radius 1 is 1.19 bits per heavy atom. The first kappa shape index (κ1) is 11.5. The first-order chi connectivity index (χ1) is 7.49. The molecule has 0 unspecified atom stereocenters. The smallest absolute Gasteiger partial charge is 0.127 e. The number of halogens is 2. The number of benzene rings is 1. The number of nitrogens with zero attached hydrogens (tertiary/aromatic N) is 1. The van der Waals surface area contributed by atoms with Gasteiger partial charge in [0.1, 0.15) is 5.82 Å². The first-order valence-corrected chi connectivity index (χ1v) is 5.80. The molecule has 0 aliphatic rings. The van der Waals surface area contributed by atoms with E-state index in [0.717, 1.165) is 10.9 Å². The molecule has 84 valence electrons. The second-order valence-electron chi connectivity index (χ2n) is 4.08. The molecule has 4 heteroatoms. The number of fused-ring (bicyclic) bond motifs is 1. The van der Waals surface area contributed by atoms with E-state index in [-0.39, 0.29) is 0 Å². The van der Waals surface area contributed by atoms with Gasteiger partial charge < -0.3 is 5.73 Å². The highest BCUT2D eigenvalue weighted by Crippen LogP contribution is 2.31. The van der Waals surface area contributed by atoms with Gasteiger partial charge in [0.05, 0.1) is 10.5 Å². The molecule has 0 amide bonds. The SMILES string of the molecule is CC(C)c1cc2cc(Cl)cc(Cl)c2nc1N. The predicted octanol–water partition coefficient (Wildman–Crippen LogP) is 4.25. The molecule has 1 aromatic heterocycles. The second-order valence-corrected chi connectivity index (χ2v) is 4.92. The number of hydrogen-bond donors (Lipinski definition) is 1. The number of hydrogen-bond acceptors (Lipinski definition) is 2. The molecule has 0 spiro atoms. The van der Waals surface area contributed by atoms with Crippen LogP contribution in [0.25, 0.3) is 10.9 Å². The minimum absolute atomic E-state index is 0.328. The third-order valence-corrected chi connectivity index (χ3v) is 3.03. The minimum Gasteiger partial charge on any atom is -0.383 e. The maximum atomic E-state index is 6.06. The molecule has 0 saturated carbocycles. The number of nitrogens with two attached hydrogens (primary N) is 1. The summed E-state index contributed by atoms with van der Waals surface area (Å²) in [6, 6.07) is 5.52. The lowest BCUT2D eigenvalue weighted by molar-refractivity contribution is 0.866. The lowest BCUT2D eigenvalue weighted by atomic mass is 10.0. The van der Waals surface area contributed by atoms with Crippen LogP contribution in [-0.2, 0) is 0 Å². The summed E-state index contributed by atoms with van der Waals surface area (Å²) in [6.45, 7) is 4.15. The fourth-order valence-electron chi connectivity index (χ4n) is 1.70. The van der Waals surface area contributed by atoms with Crippen LogP contribution in [0.1, 0.15) is 25.3 Å². The minimum atomic E-state index is 0.328. The van der Waals surface area contributed by atoms with Gasteiger partial charge in [-0.15, -0.1) is 0 Å². The van der Waals surface area contributed by atoms with E-state index < -0.39 is 0 Å². The van der Waals surface area contributed by atoms with Gasteiger partial charge in [-0.1, -0.05) is 37.0 Å². The van der Waals surface area contributed by atoms with E-state index in [1.807, 2.05) is 12.1 Å². The average Bonchev–Trinajstić information content (AvgIpc) is 2.18. The van der Waals surface area contributed by atoms with Crippen LogP contribution in [0.4, 0.5) is 5.82 Å². The highest BCUT2D eigenvalue weighted by Gasteiger charge is 2.10. The lowest BCUT2D eigenvalue weighted by Gasteiger charge is -2.11. The van der Waals surface area contributed by atoms with Crippen LogP contribution < -0.4 is 5.73 Å². The van der Waals surface area contributed by atoms with Crippen molar-refractivity contribution < 1.29 is 0 Å². The number of aromatic nitrogens is 1. The molecule has 0 radical (unpaired) electrons. The van der Waals surface area contributed by atoms with E-state index in [1.165, 1.54) is 0 Å². The van der Waals surface area contributed by atoms with Gasteiger partial charge in [-0.3, -0.25) is 0 Å². The monoisotopic (exact) mass is 254 g/mol. The maximum absolute atomic E-state index is 6.06. The molecule has 0 aliphatic carbocycles. The average molecular weight is 255 g/mol. The molecule has 0 aliphatic heterocycles. The fourth-order valence-corrected chi connectivity index (χ4v) is 2.25. The van der Waals surface area contributed by atoms with Crippen molar-refractivity contribution in [2.75, 3.05) is 5.73 Å². The van der Waals surface area contributed by atoms with E-state index in [0.29, 0.717) is 27.3 Å². The van der Waals surface area contributed by atoms with Crippen LogP contribution in [-0.4, -0.2) is 4.98 Å². The Hall–Kier alpha value is -0.990. The van der Waals surface area contributed by atoms with Crippen LogP contribution in [0.2, 0.25) is 10.0 Å². The van der Waals surface area contributed by atoms with Crippen molar-refractivity contribution in [1.29, 1.82) is 0 Å². The van der Waals surface area contributed by atoms with Gasteiger partial charge in [-0.2, -0.15) is 0 Å². The molecule has 2 nitrogen and oxygen atoms in total. The Balaban J connectivity index is 2.79. The Morgan fingerprint density at radius 3 is 2.50 bits per heavy atom. The van der Waals surface area contributed by atoms with Crippen molar-refractivity contribution in [3.63, 3.8) is 0 Å². The Bertz CT molecular complexity index is 550. The molecule has 2 aromatic rings. The summed E-state index contributed by atoms with van der Waals surface area (Å²) in [4.78, 5) is 4.32. The number of pyridine rings is 1. The van der Waals surface area contributed by atoms with Gasteiger partial charge in [0.2, 0.25) is 0 Å². The Labute approximate surface area is 104 Å². The van der Waals surface area contributed by atoms with Gasteiger partial charge in [-0.25, -0.2) is 4.98 Å². The number of nitrogen functional groups attached to an aromatic ring is 1. The van der Waals surface area contributed by atoms with Crippen molar-refractivity contribution >= 4 is 39.9 Å². The van der Waals surface area contributed by atoms with E-state index >= 15 is 0 Å². The third-order valence-electron chi connectivity index (χ3n) is 2.52. The van der Waals surface area contributed by atoms with Crippen LogP contribution in [0, 0.1) is 0 Å². The molecule has 0 fully saturated rings. The first-order valence-electron chi connectivity index (χ1n) is 5.04. The molecule has 1 heterocycles. The van der Waals surface area contributed by atoms with Crippen LogP contribution in [0.3, 0.4) is 0 Å². The molecule has 16 heavy (non-hydrogen) atoms. The van der Waals surface area contributed by atoms with E-state index in [1.54, 1.807) is 6.07 Å². The molecule has 0 bridgehead atoms. The third kappa shape index (κ3) is 1.95. The zero-order valence-electron chi connectivity index (χ0n) is 9.09. The predicted molar refractivity (Wildman–Crippen MR) is 70.3 cm³/mol. The van der Waals surface area contributed by atoms with Gasteiger partial charge in [0.15, 0.2) is 0 Å². The highest BCUT2D eigenvalue weighted by atomic mass is 35.5. The molecule has 0 saturated heterocycles. The second kappa shape index (κ2) is 4.11. The van der Waals surface area contributed by atoms with Crippen molar-refractivity contribution in [1.82, 2.24) is 4.98 Å². The standard InChI is InChI=1S/C12H12Cl2N2/c1-6(2)9-4-7-3-8(13)5-10(14)11(7)16-12(9)15/h3-6H,1-2H3,(H2,15,16). The lowest BCUT2D eigenvalue weighted by Crippen LogP contribution is -2.00. The number of anilines is 1. The summed E-state index contributed by atoms with van der Waals surface area (Å²) in [6.07, 6.45) is 0. The quantitative estimate of drug-likeness (QED) is 0.827. The van der Waals surface area contributed by atoms with Gasteiger partial charge >= 0.3 is 0 Å². The Kier molecular flexibility index (Phi) is 2.96. The summed E-state index contributed by atoms with van der Waals surface area (Å²) >= 11 is 12.0. The Morgan fingerprint density at radius 2 is 1.88 bits per heavy atom. The molecular formula is C12H12Cl2N2. The van der Waals surface area contributed by atoms with Gasteiger partial charge in [0.25, 0.3) is 0 Å². The molecule has 2 rings (SSSR count). The summed E-state index contributed by atoms with van der Waals surface area (Å²) in [7, 11) is 0. The van der Waals surface area contributed by atoms with E-state index in [2.05, 4.69) is 18.8 Å². The highest BCUT2D eigenvalue weighted by molar-refractivity contribution is 6.38. The maximum Gasteiger partial charge on any atom is 0.127 e. The van der Waals surface area contributed by atoms with Crippen LogP contribution in [0.15, 0.2) is 18.2 Å². The number of rotatable bonds is 1. The van der Waals surface area contributed by atoms with Crippen LogP contribution in [0.5, 0.6) is 0 Å².